The van der Waals surface area contributed by atoms with Gasteiger partial charge in [0.25, 0.3) is 5.91 Å². The largest absolute Gasteiger partial charge is 0.399 e. The Kier molecular flexibility index (Phi) is 3.05. The molecule has 1 saturated heterocycles. The molecule has 0 unspecified atom stereocenters. The van der Waals surface area contributed by atoms with Gasteiger partial charge in [-0.3, -0.25) is 9.78 Å². The molecule has 1 aromatic carbocycles. The van der Waals surface area contributed by atoms with Gasteiger partial charge in [0.1, 0.15) is 5.69 Å². The number of rotatable bonds is 1. The molecule has 1 aliphatic rings. The van der Waals surface area contributed by atoms with E-state index in [2.05, 4.69) is 4.98 Å². The maximum absolute atomic E-state index is 12.5. The number of aromatic nitrogens is 1. The quantitative estimate of drug-likeness (QED) is 0.782. The van der Waals surface area contributed by atoms with Gasteiger partial charge < -0.3 is 15.4 Å². The Balaban J connectivity index is 2.02. The van der Waals surface area contributed by atoms with E-state index in [4.69, 9.17) is 10.5 Å². The van der Waals surface area contributed by atoms with Gasteiger partial charge in [0, 0.05) is 30.4 Å². The van der Waals surface area contributed by atoms with E-state index in [1.54, 1.807) is 17.2 Å². The molecule has 2 N–H and O–H groups in total. The molecule has 1 amide bonds. The minimum atomic E-state index is -0.0429. The first kappa shape index (κ1) is 11.9. The minimum Gasteiger partial charge on any atom is -0.399 e. The van der Waals surface area contributed by atoms with E-state index in [-0.39, 0.29) is 5.91 Å². The van der Waals surface area contributed by atoms with Crippen LogP contribution in [0.25, 0.3) is 10.8 Å². The lowest BCUT2D eigenvalue weighted by molar-refractivity contribution is 0.0300. The number of anilines is 1. The zero-order valence-corrected chi connectivity index (χ0v) is 10.5. The first-order valence-electron chi connectivity index (χ1n) is 6.27. The number of carbonyl (C=O) groups excluding carboxylic acids is 1. The standard InChI is InChI=1S/C14H15N3O2/c15-11-1-2-12-10(9-11)3-4-16-13(12)14(18)17-5-7-19-8-6-17/h1-4,9H,5-8,15H2. The molecule has 5 heteroatoms. The Morgan fingerprint density at radius 1 is 1.26 bits per heavy atom. The second-order valence-corrected chi connectivity index (χ2v) is 4.54. The van der Waals surface area contributed by atoms with Gasteiger partial charge in [-0.1, -0.05) is 0 Å². The van der Waals surface area contributed by atoms with E-state index in [9.17, 15) is 4.79 Å². The second-order valence-electron chi connectivity index (χ2n) is 4.54. The first-order valence-corrected chi connectivity index (χ1v) is 6.27. The number of pyridine rings is 1. The number of ether oxygens (including phenoxy) is 1. The highest BCUT2D eigenvalue weighted by Gasteiger charge is 2.21. The molecule has 3 rings (SSSR count). The summed E-state index contributed by atoms with van der Waals surface area (Å²) in [6.45, 7) is 2.41. The number of carbonyl (C=O) groups is 1. The molecule has 0 radical (unpaired) electrons. The third-order valence-electron chi connectivity index (χ3n) is 3.29. The fourth-order valence-electron chi connectivity index (χ4n) is 2.28. The van der Waals surface area contributed by atoms with E-state index < -0.39 is 0 Å². The first-order chi connectivity index (χ1) is 9.25. The molecule has 19 heavy (non-hydrogen) atoms. The molecule has 1 fully saturated rings. The lowest BCUT2D eigenvalue weighted by Gasteiger charge is -2.26. The van der Waals surface area contributed by atoms with Crippen LogP contribution in [0.15, 0.2) is 30.5 Å². The number of hydrogen-bond donors (Lipinski definition) is 1. The van der Waals surface area contributed by atoms with Crippen LogP contribution in [0.3, 0.4) is 0 Å². The topological polar surface area (TPSA) is 68.5 Å². The number of fused-ring (bicyclic) bond motifs is 1. The van der Waals surface area contributed by atoms with Crippen molar-refractivity contribution in [1.29, 1.82) is 0 Å². The maximum atomic E-state index is 12.5. The molecule has 0 bridgehead atoms. The number of nitrogens with zero attached hydrogens (tertiary/aromatic N) is 2. The summed E-state index contributed by atoms with van der Waals surface area (Å²) >= 11 is 0. The lowest BCUT2D eigenvalue weighted by Crippen LogP contribution is -2.41. The van der Waals surface area contributed by atoms with Gasteiger partial charge in [0.05, 0.1) is 13.2 Å². The van der Waals surface area contributed by atoms with Crippen LogP contribution >= 0.6 is 0 Å². The summed E-state index contributed by atoms with van der Waals surface area (Å²) in [4.78, 5) is 18.5. The van der Waals surface area contributed by atoms with Crippen LogP contribution in [-0.2, 0) is 4.74 Å². The molecular formula is C14H15N3O2. The van der Waals surface area contributed by atoms with Gasteiger partial charge >= 0.3 is 0 Å². The Morgan fingerprint density at radius 2 is 2.05 bits per heavy atom. The lowest BCUT2D eigenvalue weighted by atomic mass is 10.1. The highest BCUT2D eigenvalue weighted by Crippen LogP contribution is 2.21. The predicted octanol–water partition coefficient (Wildman–Crippen LogP) is 1.29. The highest BCUT2D eigenvalue weighted by atomic mass is 16.5. The van der Waals surface area contributed by atoms with Gasteiger partial charge in [-0.05, 0) is 29.7 Å². The van der Waals surface area contributed by atoms with E-state index in [1.807, 2.05) is 18.2 Å². The third-order valence-corrected chi connectivity index (χ3v) is 3.29. The van der Waals surface area contributed by atoms with Crippen molar-refractivity contribution in [3.63, 3.8) is 0 Å². The number of benzene rings is 1. The van der Waals surface area contributed by atoms with Crippen molar-refractivity contribution in [2.45, 2.75) is 0 Å². The van der Waals surface area contributed by atoms with Crippen molar-refractivity contribution in [2.24, 2.45) is 0 Å². The number of nitrogen functional groups attached to an aromatic ring is 1. The van der Waals surface area contributed by atoms with Crippen molar-refractivity contribution in [2.75, 3.05) is 32.0 Å². The molecule has 2 heterocycles. The summed E-state index contributed by atoms with van der Waals surface area (Å²) in [6, 6.07) is 7.36. The molecule has 0 aliphatic carbocycles. The number of morpholine rings is 1. The molecular weight excluding hydrogens is 242 g/mol. The molecule has 5 nitrogen and oxygen atoms in total. The summed E-state index contributed by atoms with van der Waals surface area (Å²) in [7, 11) is 0. The fourth-order valence-corrected chi connectivity index (χ4v) is 2.28. The van der Waals surface area contributed by atoms with Crippen LogP contribution in [-0.4, -0.2) is 42.1 Å². The fraction of sp³-hybridized carbons (Fsp3) is 0.286. The van der Waals surface area contributed by atoms with E-state index >= 15 is 0 Å². The molecule has 1 aliphatic heterocycles. The van der Waals surface area contributed by atoms with Gasteiger partial charge in [-0.2, -0.15) is 0 Å². The summed E-state index contributed by atoms with van der Waals surface area (Å²) < 4.78 is 5.26. The van der Waals surface area contributed by atoms with Gasteiger partial charge in [0.15, 0.2) is 0 Å². The number of amides is 1. The summed E-state index contributed by atoms with van der Waals surface area (Å²) in [5, 5.41) is 1.78. The zero-order valence-electron chi connectivity index (χ0n) is 10.5. The Hall–Kier alpha value is -2.14. The summed E-state index contributed by atoms with van der Waals surface area (Å²) in [5.41, 5.74) is 6.93. The average molecular weight is 257 g/mol. The maximum Gasteiger partial charge on any atom is 0.273 e. The smallest absolute Gasteiger partial charge is 0.273 e. The van der Waals surface area contributed by atoms with Crippen molar-refractivity contribution in [1.82, 2.24) is 9.88 Å². The summed E-state index contributed by atoms with van der Waals surface area (Å²) in [5.74, 6) is -0.0429. The van der Waals surface area contributed by atoms with E-state index in [0.717, 1.165) is 10.8 Å². The zero-order chi connectivity index (χ0) is 13.2. The van der Waals surface area contributed by atoms with Crippen molar-refractivity contribution < 1.29 is 9.53 Å². The number of nitrogens with two attached hydrogens (primary N) is 1. The molecule has 0 saturated carbocycles. The molecule has 0 spiro atoms. The van der Waals surface area contributed by atoms with Crippen LogP contribution in [0.5, 0.6) is 0 Å². The van der Waals surface area contributed by atoms with Crippen LogP contribution in [0.4, 0.5) is 5.69 Å². The monoisotopic (exact) mass is 257 g/mol. The van der Waals surface area contributed by atoms with Crippen LogP contribution in [0.2, 0.25) is 0 Å². The normalized spacial score (nSPS) is 15.7. The van der Waals surface area contributed by atoms with Gasteiger partial charge in [-0.25, -0.2) is 0 Å². The van der Waals surface area contributed by atoms with Crippen LogP contribution in [0, 0.1) is 0 Å². The van der Waals surface area contributed by atoms with Crippen molar-refractivity contribution in [3.05, 3.63) is 36.2 Å². The Bertz CT molecular complexity index is 621. The average Bonchev–Trinajstić information content (AvgIpc) is 2.46. The highest BCUT2D eigenvalue weighted by molar-refractivity contribution is 6.05. The van der Waals surface area contributed by atoms with Gasteiger partial charge in [0.2, 0.25) is 0 Å². The predicted molar refractivity (Wildman–Crippen MR) is 72.9 cm³/mol. The molecule has 98 valence electrons. The summed E-state index contributed by atoms with van der Waals surface area (Å²) in [6.07, 6.45) is 1.65. The van der Waals surface area contributed by atoms with Crippen molar-refractivity contribution >= 4 is 22.4 Å². The molecule has 0 atom stereocenters. The van der Waals surface area contributed by atoms with Crippen LogP contribution < -0.4 is 5.73 Å². The van der Waals surface area contributed by atoms with Gasteiger partial charge in [-0.15, -0.1) is 0 Å². The van der Waals surface area contributed by atoms with E-state index in [0.29, 0.717) is 37.7 Å². The SMILES string of the molecule is Nc1ccc2c(C(=O)N3CCOCC3)nccc2c1. The van der Waals surface area contributed by atoms with Crippen LogP contribution in [0.1, 0.15) is 10.5 Å². The Morgan fingerprint density at radius 3 is 2.84 bits per heavy atom. The van der Waals surface area contributed by atoms with Crippen molar-refractivity contribution in [3.8, 4) is 0 Å². The second kappa shape index (κ2) is 4.85. The number of hydrogen-bond acceptors (Lipinski definition) is 4. The minimum absolute atomic E-state index is 0.0429. The Labute approximate surface area is 111 Å². The third kappa shape index (κ3) is 2.24. The molecule has 2 aromatic rings. The molecule has 1 aromatic heterocycles. The van der Waals surface area contributed by atoms with E-state index in [1.165, 1.54) is 0 Å².